The van der Waals surface area contributed by atoms with Crippen LogP contribution in [-0.2, 0) is 24.1 Å². The van der Waals surface area contributed by atoms with Gasteiger partial charge in [0.05, 0.1) is 29.7 Å². The molecule has 4 rings (SSSR count). The van der Waals surface area contributed by atoms with Gasteiger partial charge in [0.25, 0.3) is 0 Å². The van der Waals surface area contributed by atoms with Crippen molar-refractivity contribution in [2.24, 2.45) is 5.92 Å². The number of benzene rings is 2. The zero-order valence-electron chi connectivity index (χ0n) is 17.6. The molecule has 3 aromatic rings. The summed E-state index contributed by atoms with van der Waals surface area (Å²) < 4.78 is 0. The number of hydrogen-bond acceptors (Lipinski definition) is 5. The molecule has 1 aliphatic rings. The minimum absolute atomic E-state index is 0.0854. The minimum atomic E-state index is 0.0854. The van der Waals surface area contributed by atoms with E-state index < -0.39 is 0 Å². The summed E-state index contributed by atoms with van der Waals surface area (Å²) in [5, 5.41) is 19.0. The molecule has 0 radical (unpaired) electrons. The van der Waals surface area contributed by atoms with Crippen LogP contribution in [0.5, 0.6) is 11.5 Å². The predicted molar refractivity (Wildman–Crippen MR) is 120 cm³/mol. The number of phenolic OH excluding ortho intramolecular Hbond substituents is 2. The number of aromatic nitrogens is 2. The number of rotatable bonds is 7. The Bertz CT molecular complexity index is 1020. The number of Topliss-reactive ketones (excluding diaryl/α,β-unsaturated/α-hetero) is 1. The average molecular weight is 417 g/mol. The quantitative estimate of drug-likeness (QED) is 0.564. The maximum atomic E-state index is 12.7. The lowest BCUT2D eigenvalue weighted by Crippen LogP contribution is -2.16. The van der Waals surface area contributed by atoms with Crippen LogP contribution >= 0.6 is 0 Å². The zero-order valence-corrected chi connectivity index (χ0v) is 17.6. The molecule has 0 spiro atoms. The first-order valence-electron chi connectivity index (χ1n) is 11.0. The Hall–Kier alpha value is -3.21. The molecular formula is C26H28N2O3. The van der Waals surface area contributed by atoms with Crippen LogP contribution in [0.4, 0.5) is 0 Å². The summed E-state index contributed by atoms with van der Waals surface area (Å²) in [5.74, 6) is 1.09. The van der Waals surface area contributed by atoms with E-state index in [4.69, 9.17) is 4.98 Å². The van der Waals surface area contributed by atoms with E-state index in [1.54, 1.807) is 42.6 Å². The Morgan fingerprint density at radius 3 is 2.16 bits per heavy atom. The van der Waals surface area contributed by atoms with E-state index in [-0.39, 0.29) is 23.7 Å². The first-order valence-corrected chi connectivity index (χ1v) is 11.0. The fourth-order valence-electron chi connectivity index (χ4n) is 4.29. The number of carbonyl (C=O) groups is 1. The Balaban J connectivity index is 1.56. The molecule has 160 valence electrons. The Kier molecular flexibility index (Phi) is 6.60. The van der Waals surface area contributed by atoms with E-state index in [1.165, 1.54) is 32.1 Å². The van der Waals surface area contributed by atoms with Crippen LogP contribution in [0.15, 0.2) is 54.7 Å². The zero-order chi connectivity index (χ0) is 21.6. The normalized spacial score (nSPS) is 14.5. The van der Waals surface area contributed by atoms with Crippen LogP contribution < -0.4 is 0 Å². The lowest BCUT2D eigenvalue weighted by Gasteiger charge is -2.22. The second-order valence-electron chi connectivity index (χ2n) is 8.46. The van der Waals surface area contributed by atoms with E-state index in [1.807, 2.05) is 12.1 Å². The Labute approximate surface area is 182 Å². The number of ketones is 1. The second kappa shape index (κ2) is 9.73. The Morgan fingerprint density at radius 2 is 1.48 bits per heavy atom. The summed E-state index contributed by atoms with van der Waals surface area (Å²) >= 11 is 0. The molecule has 31 heavy (non-hydrogen) atoms. The molecular weight excluding hydrogens is 388 g/mol. The van der Waals surface area contributed by atoms with Gasteiger partial charge < -0.3 is 10.2 Å². The first-order chi connectivity index (χ1) is 15.1. The van der Waals surface area contributed by atoms with Crippen molar-refractivity contribution < 1.29 is 15.0 Å². The molecule has 5 nitrogen and oxygen atoms in total. The molecule has 1 aliphatic carbocycles. The summed E-state index contributed by atoms with van der Waals surface area (Å²) in [7, 11) is 0. The Morgan fingerprint density at radius 1 is 0.839 bits per heavy atom. The highest BCUT2D eigenvalue weighted by Crippen LogP contribution is 2.28. The monoisotopic (exact) mass is 416 g/mol. The molecule has 5 heteroatoms. The third kappa shape index (κ3) is 5.69. The van der Waals surface area contributed by atoms with Crippen molar-refractivity contribution in [1.82, 2.24) is 9.97 Å². The topological polar surface area (TPSA) is 83.3 Å². The van der Waals surface area contributed by atoms with Crippen molar-refractivity contribution in [2.45, 2.75) is 51.4 Å². The van der Waals surface area contributed by atoms with Crippen molar-refractivity contribution in [3.63, 3.8) is 0 Å². The molecule has 1 heterocycles. The molecule has 2 aromatic carbocycles. The SMILES string of the molecule is O=C(Cc1ccc(O)cc1)Cc1ncc(-c2ccc(O)cc2)nc1CC1CCCCC1. The highest BCUT2D eigenvalue weighted by molar-refractivity contribution is 5.83. The highest BCUT2D eigenvalue weighted by Gasteiger charge is 2.19. The van der Waals surface area contributed by atoms with E-state index in [9.17, 15) is 15.0 Å². The van der Waals surface area contributed by atoms with Crippen LogP contribution in [0, 0.1) is 5.92 Å². The summed E-state index contributed by atoms with van der Waals surface area (Å²) in [6.45, 7) is 0. The van der Waals surface area contributed by atoms with Gasteiger partial charge in [-0.2, -0.15) is 0 Å². The predicted octanol–water partition coefficient (Wildman–Crippen LogP) is 5.03. The molecule has 1 saturated carbocycles. The number of nitrogens with zero attached hydrogens (tertiary/aromatic N) is 2. The second-order valence-corrected chi connectivity index (χ2v) is 8.46. The molecule has 0 aliphatic heterocycles. The van der Waals surface area contributed by atoms with Crippen LogP contribution in [0.1, 0.15) is 49.1 Å². The van der Waals surface area contributed by atoms with Gasteiger partial charge >= 0.3 is 0 Å². The van der Waals surface area contributed by atoms with Crippen molar-refractivity contribution in [2.75, 3.05) is 0 Å². The fraction of sp³-hybridized carbons (Fsp3) is 0.346. The van der Waals surface area contributed by atoms with E-state index in [2.05, 4.69) is 4.98 Å². The maximum Gasteiger partial charge on any atom is 0.143 e. The van der Waals surface area contributed by atoms with Crippen LogP contribution in [0.3, 0.4) is 0 Å². The molecule has 0 unspecified atom stereocenters. The van der Waals surface area contributed by atoms with Crippen LogP contribution in [-0.4, -0.2) is 26.0 Å². The van der Waals surface area contributed by atoms with Gasteiger partial charge in [-0.15, -0.1) is 0 Å². The van der Waals surface area contributed by atoms with Crippen molar-refractivity contribution in [3.05, 3.63) is 71.7 Å². The van der Waals surface area contributed by atoms with Crippen molar-refractivity contribution >= 4 is 5.78 Å². The van der Waals surface area contributed by atoms with Gasteiger partial charge in [0.2, 0.25) is 0 Å². The number of carbonyl (C=O) groups excluding carboxylic acids is 1. The standard InChI is InChI=1S/C26H28N2O3/c29-21-10-6-19(7-11-21)14-23(31)16-24-25(15-18-4-2-1-3-5-18)28-26(17-27-24)20-8-12-22(30)13-9-20/h6-13,17-18,29-30H,1-5,14-16H2. The molecule has 2 N–H and O–H groups in total. The van der Waals surface area contributed by atoms with Gasteiger partial charge in [-0.3, -0.25) is 9.78 Å². The fourth-order valence-corrected chi connectivity index (χ4v) is 4.29. The average Bonchev–Trinajstić information content (AvgIpc) is 2.78. The summed E-state index contributed by atoms with van der Waals surface area (Å²) in [6, 6.07) is 13.7. The molecule has 0 atom stereocenters. The van der Waals surface area contributed by atoms with Gasteiger partial charge in [-0.25, -0.2) is 4.98 Å². The summed E-state index contributed by atoms with van der Waals surface area (Å²) in [5.41, 5.74) is 4.22. The maximum absolute atomic E-state index is 12.7. The van der Waals surface area contributed by atoms with Crippen LogP contribution in [0.25, 0.3) is 11.3 Å². The lowest BCUT2D eigenvalue weighted by atomic mass is 9.85. The summed E-state index contributed by atoms with van der Waals surface area (Å²) in [4.78, 5) is 22.3. The number of phenols is 2. The number of aromatic hydroxyl groups is 2. The highest BCUT2D eigenvalue weighted by atomic mass is 16.3. The van der Waals surface area contributed by atoms with Gasteiger partial charge in [0, 0.05) is 12.0 Å². The van der Waals surface area contributed by atoms with Gasteiger partial charge in [-0.05, 0) is 54.3 Å². The third-order valence-electron chi connectivity index (χ3n) is 6.00. The van der Waals surface area contributed by atoms with E-state index >= 15 is 0 Å². The smallest absolute Gasteiger partial charge is 0.143 e. The molecule has 0 saturated heterocycles. The van der Waals surface area contributed by atoms with Gasteiger partial charge in [0.1, 0.15) is 17.3 Å². The van der Waals surface area contributed by atoms with Crippen molar-refractivity contribution in [3.8, 4) is 22.8 Å². The van der Waals surface area contributed by atoms with E-state index in [0.717, 1.165) is 34.6 Å². The van der Waals surface area contributed by atoms with Gasteiger partial charge in [0.15, 0.2) is 0 Å². The minimum Gasteiger partial charge on any atom is -0.508 e. The van der Waals surface area contributed by atoms with Crippen LogP contribution in [0.2, 0.25) is 0 Å². The van der Waals surface area contributed by atoms with Crippen molar-refractivity contribution in [1.29, 1.82) is 0 Å². The van der Waals surface area contributed by atoms with E-state index in [0.29, 0.717) is 12.3 Å². The first kappa shape index (κ1) is 21.0. The number of hydrogen-bond donors (Lipinski definition) is 2. The summed E-state index contributed by atoms with van der Waals surface area (Å²) in [6.07, 6.45) is 9.35. The molecule has 0 amide bonds. The molecule has 1 fully saturated rings. The lowest BCUT2D eigenvalue weighted by molar-refractivity contribution is -0.117. The molecule has 1 aromatic heterocycles. The largest absolute Gasteiger partial charge is 0.508 e. The van der Waals surface area contributed by atoms with Gasteiger partial charge in [-0.1, -0.05) is 44.2 Å². The third-order valence-corrected chi connectivity index (χ3v) is 6.00. The molecule has 0 bridgehead atoms.